The second-order valence-electron chi connectivity index (χ2n) is 5.70. The van der Waals surface area contributed by atoms with Gasteiger partial charge in [0.05, 0.1) is 0 Å². The predicted molar refractivity (Wildman–Crippen MR) is 88.4 cm³/mol. The maximum Gasteiger partial charge on any atom is 0.250 e. The molecular formula is C19H18N2O2. The van der Waals surface area contributed by atoms with E-state index in [1.807, 2.05) is 60.7 Å². The summed E-state index contributed by atoms with van der Waals surface area (Å²) < 4.78 is 0. The summed E-state index contributed by atoms with van der Waals surface area (Å²) in [5, 5.41) is 5.60. The van der Waals surface area contributed by atoms with E-state index < -0.39 is 5.54 Å². The molecule has 23 heavy (non-hydrogen) atoms. The van der Waals surface area contributed by atoms with Crippen LogP contribution in [0.4, 0.5) is 0 Å². The van der Waals surface area contributed by atoms with Crippen LogP contribution in [0, 0.1) is 0 Å². The van der Waals surface area contributed by atoms with E-state index in [2.05, 4.69) is 10.6 Å². The van der Waals surface area contributed by atoms with E-state index in [1.165, 1.54) is 12.3 Å². The molecule has 2 aromatic rings. The van der Waals surface area contributed by atoms with Gasteiger partial charge in [0.15, 0.2) is 0 Å². The van der Waals surface area contributed by atoms with Crippen molar-refractivity contribution in [3.63, 3.8) is 0 Å². The van der Waals surface area contributed by atoms with Crippen molar-refractivity contribution in [2.24, 2.45) is 0 Å². The summed E-state index contributed by atoms with van der Waals surface area (Å²) in [5.41, 5.74) is 0.991. The highest BCUT2D eigenvalue weighted by atomic mass is 16.2. The van der Waals surface area contributed by atoms with Gasteiger partial charge < -0.3 is 10.6 Å². The summed E-state index contributed by atoms with van der Waals surface area (Å²) in [6.07, 6.45) is 3.61. The Hall–Kier alpha value is -2.88. The van der Waals surface area contributed by atoms with Gasteiger partial charge in [0.1, 0.15) is 5.54 Å². The molecule has 0 radical (unpaired) electrons. The first-order chi connectivity index (χ1) is 11.2. The maximum absolute atomic E-state index is 12.7. The van der Waals surface area contributed by atoms with Crippen molar-refractivity contribution in [3.8, 4) is 0 Å². The molecule has 0 atom stereocenters. The minimum Gasteiger partial charge on any atom is -0.337 e. The number of benzene rings is 2. The molecular weight excluding hydrogens is 288 g/mol. The summed E-state index contributed by atoms with van der Waals surface area (Å²) >= 11 is 0. The molecule has 2 aromatic carbocycles. The normalized spacial score (nSPS) is 16.3. The van der Waals surface area contributed by atoms with Gasteiger partial charge in [-0.05, 0) is 11.1 Å². The van der Waals surface area contributed by atoms with Crippen LogP contribution in [0.3, 0.4) is 0 Å². The maximum atomic E-state index is 12.7. The van der Waals surface area contributed by atoms with Crippen molar-refractivity contribution in [3.05, 3.63) is 84.1 Å². The van der Waals surface area contributed by atoms with Gasteiger partial charge in [0, 0.05) is 25.1 Å². The van der Waals surface area contributed by atoms with Gasteiger partial charge >= 0.3 is 0 Å². The van der Waals surface area contributed by atoms with Crippen LogP contribution >= 0.6 is 0 Å². The number of carbonyl (C=O) groups is 2. The number of rotatable bonds is 4. The standard InChI is InChI=1S/C19H18N2O2/c22-17-11-12-20-18(23)19(21-17,13-15-7-3-1-4-8-15)14-16-9-5-2-6-10-16/h1-12H,13-14H2,(H,20,23)(H,21,22). The lowest BCUT2D eigenvalue weighted by Gasteiger charge is -2.32. The molecule has 1 aliphatic heterocycles. The van der Waals surface area contributed by atoms with E-state index in [-0.39, 0.29) is 11.8 Å². The summed E-state index contributed by atoms with van der Waals surface area (Å²) in [7, 11) is 0. The molecule has 2 amide bonds. The monoisotopic (exact) mass is 306 g/mol. The minimum atomic E-state index is -1.01. The minimum absolute atomic E-state index is 0.202. The Morgan fingerprint density at radius 2 is 1.30 bits per heavy atom. The summed E-state index contributed by atoms with van der Waals surface area (Å²) in [5.74, 6) is -0.470. The van der Waals surface area contributed by atoms with E-state index in [0.717, 1.165) is 11.1 Å². The lowest BCUT2D eigenvalue weighted by atomic mass is 9.83. The molecule has 0 unspecified atom stereocenters. The first-order valence-electron chi connectivity index (χ1n) is 7.55. The smallest absolute Gasteiger partial charge is 0.250 e. The van der Waals surface area contributed by atoms with Gasteiger partial charge in [-0.3, -0.25) is 9.59 Å². The highest BCUT2D eigenvalue weighted by Crippen LogP contribution is 2.21. The van der Waals surface area contributed by atoms with Gasteiger partial charge in [-0.2, -0.15) is 0 Å². The first-order valence-corrected chi connectivity index (χ1v) is 7.55. The van der Waals surface area contributed by atoms with Crippen molar-refractivity contribution in [1.29, 1.82) is 0 Å². The molecule has 0 fully saturated rings. The summed E-state index contributed by atoms with van der Waals surface area (Å²) in [4.78, 5) is 24.7. The fourth-order valence-corrected chi connectivity index (χ4v) is 2.87. The third-order valence-electron chi connectivity index (χ3n) is 3.94. The molecule has 1 heterocycles. The Bertz CT molecular complexity index is 682. The fraction of sp³-hybridized carbons (Fsp3) is 0.158. The third-order valence-corrected chi connectivity index (χ3v) is 3.94. The van der Waals surface area contributed by atoms with Crippen LogP contribution in [0.25, 0.3) is 0 Å². The Balaban J connectivity index is 1.97. The number of amides is 2. The van der Waals surface area contributed by atoms with Crippen LogP contribution in [0.2, 0.25) is 0 Å². The Morgan fingerprint density at radius 1 is 0.783 bits per heavy atom. The Kier molecular flexibility index (Phi) is 4.24. The molecule has 4 heteroatoms. The van der Waals surface area contributed by atoms with Gasteiger partial charge in [-0.15, -0.1) is 0 Å². The van der Waals surface area contributed by atoms with E-state index in [0.29, 0.717) is 12.8 Å². The number of hydrogen-bond donors (Lipinski definition) is 2. The van der Waals surface area contributed by atoms with E-state index >= 15 is 0 Å². The van der Waals surface area contributed by atoms with Gasteiger partial charge in [0.25, 0.3) is 0 Å². The van der Waals surface area contributed by atoms with Crippen LogP contribution in [0.1, 0.15) is 11.1 Å². The second-order valence-corrected chi connectivity index (χ2v) is 5.70. The van der Waals surface area contributed by atoms with Crippen molar-refractivity contribution < 1.29 is 9.59 Å². The molecule has 0 saturated carbocycles. The highest BCUT2D eigenvalue weighted by molar-refractivity contribution is 5.98. The first kappa shape index (κ1) is 15.0. The molecule has 0 aromatic heterocycles. The summed E-state index contributed by atoms with van der Waals surface area (Å²) in [6, 6.07) is 19.4. The lowest BCUT2D eigenvalue weighted by Crippen LogP contribution is -2.59. The highest BCUT2D eigenvalue weighted by Gasteiger charge is 2.40. The van der Waals surface area contributed by atoms with Crippen LogP contribution in [0.15, 0.2) is 72.9 Å². The predicted octanol–water partition coefficient (Wildman–Crippen LogP) is 1.97. The second kappa shape index (κ2) is 6.48. The van der Waals surface area contributed by atoms with Crippen molar-refractivity contribution in [1.82, 2.24) is 10.6 Å². The average Bonchev–Trinajstić information content (AvgIpc) is 2.68. The van der Waals surface area contributed by atoms with Crippen LogP contribution in [-0.2, 0) is 22.4 Å². The van der Waals surface area contributed by atoms with Crippen molar-refractivity contribution >= 4 is 11.8 Å². The lowest BCUT2D eigenvalue weighted by molar-refractivity contribution is -0.130. The molecule has 116 valence electrons. The Morgan fingerprint density at radius 3 is 1.83 bits per heavy atom. The zero-order chi connectivity index (χ0) is 16.1. The van der Waals surface area contributed by atoms with Crippen LogP contribution < -0.4 is 10.6 Å². The SMILES string of the molecule is O=C1C=CNC(=O)C(Cc2ccccc2)(Cc2ccccc2)N1. The molecule has 0 bridgehead atoms. The van der Waals surface area contributed by atoms with Crippen molar-refractivity contribution in [2.75, 3.05) is 0 Å². The zero-order valence-electron chi connectivity index (χ0n) is 12.7. The van der Waals surface area contributed by atoms with Crippen molar-refractivity contribution in [2.45, 2.75) is 18.4 Å². The quantitative estimate of drug-likeness (QED) is 0.907. The number of hydrogen-bond acceptors (Lipinski definition) is 2. The average molecular weight is 306 g/mol. The number of carbonyl (C=O) groups excluding carboxylic acids is 2. The van der Waals surface area contributed by atoms with Crippen LogP contribution in [-0.4, -0.2) is 17.4 Å². The molecule has 0 aliphatic carbocycles. The largest absolute Gasteiger partial charge is 0.337 e. The summed E-state index contributed by atoms with van der Waals surface area (Å²) in [6.45, 7) is 0. The molecule has 4 nitrogen and oxygen atoms in total. The van der Waals surface area contributed by atoms with Gasteiger partial charge in [-0.25, -0.2) is 0 Å². The van der Waals surface area contributed by atoms with Gasteiger partial charge in [0.2, 0.25) is 11.8 Å². The fourth-order valence-electron chi connectivity index (χ4n) is 2.87. The molecule has 3 rings (SSSR count). The van der Waals surface area contributed by atoms with Gasteiger partial charge in [-0.1, -0.05) is 60.7 Å². The zero-order valence-corrected chi connectivity index (χ0v) is 12.7. The third kappa shape index (κ3) is 3.48. The molecule has 1 aliphatic rings. The van der Waals surface area contributed by atoms with Crippen LogP contribution in [0.5, 0.6) is 0 Å². The van der Waals surface area contributed by atoms with E-state index in [4.69, 9.17) is 0 Å². The molecule has 0 spiro atoms. The topological polar surface area (TPSA) is 58.2 Å². The molecule has 0 saturated heterocycles. The van der Waals surface area contributed by atoms with E-state index in [9.17, 15) is 9.59 Å². The Labute approximate surface area is 135 Å². The number of nitrogens with one attached hydrogen (secondary N) is 2. The molecule has 2 N–H and O–H groups in total. The van der Waals surface area contributed by atoms with E-state index in [1.54, 1.807) is 0 Å².